The van der Waals surface area contributed by atoms with Crippen molar-refractivity contribution >= 4 is 18.3 Å². The summed E-state index contributed by atoms with van der Waals surface area (Å²) in [6, 6.07) is 5.02. The third-order valence-electron chi connectivity index (χ3n) is 3.85. The van der Waals surface area contributed by atoms with Crippen LogP contribution in [0.2, 0.25) is 0 Å². The van der Waals surface area contributed by atoms with Crippen LogP contribution >= 0.6 is 12.4 Å². The fourth-order valence-corrected chi connectivity index (χ4v) is 2.47. The quantitative estimate of drug-likeness (QED) is 0.900. The first kappa shape index (κ1) is 18.8. The molecule has 0 atom stereocenters. The molecule has 1 aromatic rings. The van der Waals surface area contributed by atoms with Gasteiger partial charge in [-0.15, -0.1) is 12.4 Å². The standard InChI is InChI=1S/C15H19F3N2O.ClH/c1-14(2,13(21)20-8-6-19-7-9-20)11-4-3-5-12(10-11)15(16,17)18;/h3-5,10,19H,6-9H2,1-2H3;1H. The predicted molar refractivity (Wildman–Crippen MR) is 81.2 cm³/mol. The molecule has 0 aliphatic carbocycles. The fraction of sp³-hybridized carbons (Fsp3) is 0.533. The van der Waals surface area contributed by atoms with E-state index in [1.54, 1.807) is 24.8 Å². The molecule has 7 heteroatoms. The Bertz CT molecular complexity index is 526. The Morgan fingerprint density at radius 2 is 1.68 bits per heavy atom. The van der Waals surface area contributed by atoms with Crippen molar-refractivity contribution in [1.29, 1.82) is 0 Å². The van der Waals surface area contributed by atoms with Crippen molar-refractivity contribution in [1.82, 2.24) is 10.2 Å². The van der Waals surface area contributed by atoms with Crippen LogP contribution in [0.1, 0.15) is 25.0 Å². The molecule has 22 heavy (non-hydrogen) atoms. The molecule has 1 fully saturated rings. The number of benzene rings is 1. The summed E-state index contributed by atoms with van der Waals surface area (Å²) in [5.74, 6) is -0.136. The van der Waals surface area contributed by atoms with Gasteiger partial charge < -0.3 is 10.2 Å². The molecule has 2 rings (SSSR count). The summed E-state index contributed by atoms with van der Waals surface area (Å²) in [7, 11) is 0. The molecule has 1 saturated heterocycles. The molecule has 1 heterocycles. The summed E-state index contributed by atoms with van der Waals surface area (Å²) in [6.07, 6.45) is -4.40. The van der Waals surface area contributed by atoms with Gasteiger partial charge in [0.2, 0.25) is 5.91 Å². The molecule has 1 aromatic carbocycles. The number of nitrogens with zero attached hydrogens (tertiary/aromatic N) is 1. The van der Waals surface area contributed by atoms with Crippen LogP contribution in [0.5, 0.6) is 0 Å². The summed E-state index contributed by atoms with van der Waals surface area (Å²) >= 11 is 0. The monoisotopic (exact) mass is 336 g/mol. The lowest BCUT2D eigenvalue weighted by atomic mass is 9.82. The van der Waals surface area contributed by atoms with E-state index >= 15 is 0 Å². The maximum Gasteiger partial charge on any atom is 0.416 e. The summed E-state index contributed by atoms with van der Waals surface area (Å²) in [5, 5.41) is 3.15. The van der Waals surface area contributed by atoms with E-state index in [4.69, 9.17) is 0 Å². The highest BCUT2D eigenvalue weighted by molar-refractivity contribution is 5.87. The number of carbonyl (C=O) groups is 1. The Kier molecular flexibility index (Phi) is 5.87. The molecular formula is C15H20ClF3N2O. The molecule has 0 bridgehead atoms. The summed E-state index contributed by atoms with van der Waals surface area (Å²) in [5.41, 5.74) is -1.31. The van der Waals surface area contributed by atoms with Gasteiger partial charge >= 0.3 is 6.18 Å². The summed E-state index contributed by atoms with van der Waals surface area (Å²) < 4.78 is 38.4. The number of nitrogens with one attached hydrogen (secondary N) is 1. The second-order valence-corrected chi connectivity index (χ2v) is 5.75. The lowest BCUT2D eigenvalue weighted by Gasteiger charge is -2.35. The normalized spacial score (nSPS) is 16.1. The van der Waals surface area contributed by atoms with Gasteiger partial charge in [-0.1, -0.05) is 18.2 Å². The molecule has 3 nitrogen and oxygen atoms in total. The molecule has 1 amide bonds. The van der Waals surface area contributed by atoms with E-state index in [0.29, 0.717) is 31.7 Å². The Balaban J connectivity index is 0.00000242. The van der Waals surface area contributed by atoms with Gasteiger partial charge in [0.15, 0.2) is 0 Å². The molecule has 0 saturated carbocycles. The van der Waals surface area contributed by atoms with Gasteiger partial charge in [0.05, 0.1) is 11.0 Å². The SMILES string of the molecule is CC(C)(C(=O)N1CCNCC1)c1cccc(C(F)(F)F)c1.Cl. The van der Waals surface area contributed by atoms with E-state index in [-0.39, 0.29) is 18.3 Å². The van der Waals surface area contributed by atoms with Gasteiger partial charge in [-0.05, 0) is 25.5 Å². The number of rotatable bonds is 2. The molecule has 0 aromatic heterocycles. The van der Waals surface area contributed by atoms with Crippen molar-refractivity contribution in [2.75, 3.05) is 26.2 Å². The highest BCUT2D eigenvalue weighted by Gasteiger charge is 2.37. The first-order chi connectivity index (χ1) is 9.73. The minimum Gasteiger partial charge on any atom is -0.339 e. The summed E-state index contributed by atoms with van der Waals surface area (Å²) in [4.78, 5) is 14.3. The predicted octanol–water partition coefficient (Wildman–Crippen LogP) is 2.84. The Labute approximate surface area is 134 Å². The van der Waals surface area contributed by atoms with Crippen molar-refractivity contribution < 1.29 is 18.0 Å². The molecule has 0 radical (unpaired) electrons. The highest BCUT2D eigenvalue weighted by Crippen LogP contribution is 2.33. The topological polar surface area (TPSA) is 32.3 Å². The lowest BCUT2D eigenvalue weighted by Crippen LogP contribution is -2.51. The molecule has 0 spiro atoms. The number of piperazine rings is 1. The molecular weight excluding hydrogens is 317 g/mol. The number of hydrogen-bond acceptors (Lipinski definition) is 2. The molecule has 1 aliphatic rings. The van der Waals surface area contributed by atoms with Gasteiger partial charge in [0.25, 0.3) is 0 Å². The van der Waals surface area contributed by atoms with Crippen LogP contribution in [0.4, 0.5) is 13.2 Å². The van der Waals surface area contributed by atoms with Crippen LogP contribution in [-0.4, -0.2) is 37.0 Å². The first-order valence-electron chi connectivity index (χ1n) is 6.91. The lowest BCUT2D eigenvalue weighted by molar-refractivity contribution is -0.139. The number of halogens is 4. The van der Waals surface area contributed by atoms with E-state index in [1.807, 2.05) is 0 Å². The summed E-state index contributed by atoms with van der Waals surface area (Å²) in [6.45, 7) is 5.94. The zero-order chi connectivity index (χ0) is 15.7. The van der Waals surface area contributed by atoms with Gasteiger partial charge in [0.1, 0.15) is 0 Å². The molecule has 1 N–H and O–H groups in total. The van der Waals surface area contributed by atoms with E-state index in [0.717, 1.165) is 12.1 Å². The largest absolute Gasteiger partial charge is 0.416 e. The van der Waals surface area contributed by atoms with Crippen LogP contribution in [0.3, 0.4) is 0 Å². The minimum atomic E-state index is -4.40. The fourth-order valence-electron chi connectivity index (χ4n) is 2.47. The molecule has 0 unspecified atom stereocenters. The number of amides is 1. The average molecular weight is 337 g/mol. The number of carbonyl (C=O) groups excluding carboxylic acids is 1. The van der Waals surface area contributed by atoms with E-state index < -0.39 is 17.2 Å². The van der Waals surface area contributed by atoms with Crippen molar-refractivity contribution in [3.8, 4) is 0 Å². The Morgan fingerprint density at radius 3 is 2.23 bits per heavy atom. The van der Waals surface area contributed by atoms with Crippen LogP contribution in [0.15, 0.2) is 24.3 Å². The van der Waals surface area contributed by atoms with Gasteiger partial charge in [-0.25, -0.2) is 0 Å². The van der Waals surface area contributed by atoms with Crippen molar-refractivity contribution in [2.24, 2.45) is 0 Å². The van der Waals surface area contributed by atoms with E-state index in [2.05, 4.69) is 5.32 Å². The van der Waals surface area contributed by atoms with Gasteiger partial charge in [-0.2, -0.15) is 13.2 Å². The Morgan fingerprint density at radius 1 is 1.14 bits per heavy atom. The van der Waals surface area contributed by atoms with Crippen molar-refractivity contribution in [2.45, 2.75) is 25.4 Å². The third-order valence-corrected chi connectivity index (χ3v) is 3.85. The highest BCUT2D eigenvalue weighted by atomic mass is 35.5. The number of alkyl halides is 3. The van der Waals surface area contributed by atoms with E-state index in [9.17, 15) is 18.0 Å². The van der Waals surface area contributed by atoms with Crippen LogP contribution in [0.25, 0.3) is 0 Å². The third kappa shape index (κ3) is 3.93. The maximum absolute atomic E-state index is 12.8. The zero-order valence-electron chi connectivity index (χ0n) is 12.5. The smallest absolute Gasteiger partial charge is 0.339 e. The van der Waals surface area contributed by atoms with Gasteiger partial charge in [-0.3, -0.25) is 4.79 Å². The van der Waals surface area contributed by atoms with Crippen LogP contribution in [-0.2, 0) is 16.4 Å². The maximum atomic E-state index is 12.8. The molecule has 124 valence electrons. The van der Waals surface area contributed by atoms with Gasteiger partial charge in [0, 0.05) is 26.2 Å². The Hall–Kier alpha value is -1.27. The van der Waals surface area contributed by atoms with E-state index in [1.165, 1.54) is 6.07 Å². The second-order valence-electron chi connectivity index (χ2n) is 5.75. The first-order valence-corrected chi connectivity index (χ1v) is 6.91. The minimum absolute atomic E-state index is 0. The van der Waals surface area contributed by atoms with Crippen molar-refractivity contribution in [3.63, 3.8) is 0 Å². The van der Waals surface area contributed by atoms with Crippen LogP contribution in [0, 0.1) is 0 Å². The average Bonchev–Trinajstić information content (AvgIpc) is 2.46. The number of hydrogen-bond donors (Lipinski definition) is 1. The van der Waals surface area contributed by atoms with Crippen molar-refractivity contribution in [3.05, 3.63) is 35.4 Å². The second kappa shape index (κ2) is 6.87. The zero-order valence-corrected chi connectivity index (χ0v) is 13.4. The molecule has 1 aliphatic heterocycles. The van der Waals surface area contributed by atoms with Crippen LogP contribution < -0.4 is 5.32 Å².